The van der Waals surface area contributed by atoms with Gasteiger partial charge >= 0.3 is 0 Å². The van der Waals surface area contributed by atoms with Crippen LogP contribution in [0, 0.1) is 0 Å². The number of rotatable bonds is 2. The van der Waals surface area contributed by atoms with Crippen molar-refractivity contribution in [2.24, 2.45) is 0 Å². The van der Waals surface area contributed by atoms with E-state index < -0.39 is 0 Å². The van der Waals surface area contributed by atoms with E-state index in [0.717, 1.165) is 62.8 Å². The maximum Gasteiger partial charge on any atom is 0.276 e. The molecule has 3 aliphatic rings. The molecule has 0 spiro atoms. The van der Waals surface area contributed by atoms with Crippen LogP contribution in [-0.4, -0.2) is 52.4 Å². The lowest BCUT2D eigenvalue weighted by molar-refractivity contribution is -0.130. The van der Waals surface area contributed by atoms with Gasteiger partial charge in [0.2, 0.25) is 5.91 Å². The molecule has 0 bridgehead atoms. The van der Waals surface area contributed by atoms with Crippen LogP contribution in [0.1, 0.15) is 60.3 Å². The summed E-state index contributed by atoms with van der Waals surface area (Å²) in [5.74, 6) is 1.18. The molecule has 1 aromatic rings. The van der Waals surface area contributed by atoms with Crippen LogP contribution in [0.3, 0.4) is 0 Å². The number of carbonyl (C=O) groups is 2. The fourth-order valence-electron chi connectivity index (χ4n) is 4.14. The van der Waals surface area contributed by atoms with Crippen LogP contribution in [-0.2, 0) is 17.6 Å². The van der Waals surface area contributed by atoms with Gasteiger partial charge in [0.15, 0.2) is 5.69 Å². The summed E-state index contributed by atoms with van der Waals surface area (Å²) in [4.78, 5) is 28.5. The first-order chi connectivity index (χ1) is 11.2. The number of fused-ring (bicyclic) bond motifs is 1. The number of nitrogens with zero attached hydrogens (tertiary/aromatic N) is 3. The average molecular weight is 317 g/mol. The van der Waals surface area contributed by atoms with Gasteiger partial charge in [0.1, 0.15) is 5.76 Å². The van der Waals surface area contributed by atoms with Crippen LogP contribution >= 0.6 is 0 Å². The molecule has 6 heteroatoms. The summed E-state index contributed by atoms with van der Waals surface area (Å²) in [6, 6.07) is 0.306. The van der Waals surface area contributed by atoms with Crippen molar-refractivity contribution in [3.8, 4) is 0 Å². The minimum absolute atomic E-state index is 0.00287. The van der Waals surface area contributed by atoms with Gasteiger partial charge in [-0.2, -0.15) is 0 Å². The predicted molar refractivity (Wildman–Crippen MR) is 83.0 cm³/mol. The zero-order chi connectivity index (χ0) is 15.8. The first-order valence-corrected chi connectivity index (χ1v) is 8.80. The predicted octanol–water partition coefficient (Wildman–Crippen LogP) is 1.78. The third kappa shape index (κ3) is 2.64. The molecule has 1 aliphatic carbocycles. The molecule has 0 saturated carbocycles. The summed E-state index contributed by atoms with van der Waals surface area (Å²) in [6.07, 6.45) is 7.43. The van der Waals surface area contributed by atoms with Gasteiger partial charge in [-0.3, -0.25) is 9.59 Å². The molecule has 2 aliphatic heterocycles. The highest BCUT2D eigenvalue weighted by Crippen LogP contribution is 2.27. The number of aryl methyl sites for hydroxylation is 1. The van der Waals surface area contributed by atoms with Crippen LogP contribution < -0.4 is 0 Å². The molecule has 2 fully saturated rings. The quantitative estimate of drug-likeness (QED) is 0.834. The largest absolute Gasteiger partial charge is 0.360 e. The number of amides is 2. The SMILES string of the molecule is O=C(c1noc2c1CCCC2)N1CCC(N2CCCC2=O)CC1. The highest BCUT2D eigenvalue weighted by Gasteiger charge is 2.34. The standard InChI is InChI=1S/C17H23N3O3/c21-15-6-3-9-20(15)12-7-10-19(11-8-12)17(22)16-13-4-1-2-5-14(13)23-18-16/h12H,1-11H2. The molecule has 23 heavy (non-hydrogen) atoms. The Morgan fingerprint density at radius 3 is 2.57 bits per heavy atom. The lowest BCUT2D eigenvalue weighted by Crippen LogP contribution is -2.47. The van der Waals surface area contributed by atoms with Crippen molar-refractivity contribution in [2.45, 2.75) is 57.4 Å². The van der Waals surface area contributed by atoms with E-state index in [1.807, 2.05) is 9.80 Å². The molecule has 2 saturated heterocycles. The monoisotopic (exact) mass is 317 g/mol. The van der Waals surface area contributed by atoms with Gasteiger partial charge in [0.05, 0.1) is 0 Å². The number of likely N-dealkylation sites (tertiary alicyclic amines) is 2. The Balaban J connectivity index is 1.41. The maximum atomic E-state index is 12.7. The first kappa shape index (κ1) is 14.7. The Bertz CT molecular complexity index is 617. The minimum atomic E-state index is 0.00287. The fourth-order valence-corrected chi connectivity index (χ4v) is 4.14. The molecule has 124 valence electrons. The van der Waals surface area contributed by atoms with E-state index in [9.17, 15) is 9.59 Å². The summed E-state index contributed by atoms with van der Waals surface area (Å²) >= 11 is 0. The van der Waals surface area contributed by atoms with Gasteiger partial charge in [0, 0.05) is 44.1 Å². The van der Waals surface area contributed by atoms with Crippen molar-refractivity contribution in [1.82, 2.24) is 15.0 Å². The number of aromatic nitrogens is 1. The Labute approximate surface area is 135 Å². The number of piperidine rings is 1. The number of hydrogen-bond donors (Lipinski definition) is 0. The van der Waals surface area contributed by atoms with Crippen molar-refractivity contribution in [1.29, 1.82) is 0 Å². The van der Waals surface area contributed by atoms with Gasteiger partial charge < -0.3 is 14.3 Å². The lowest BCUT2D eigenvalue weighted by Gasteiger charge is -2.36. The van der Waals surface area contributed by atoms with E-state index in [0.29, 0.717) is 31.2 Å². The van der Waals surface area contributed by atoms with Gasteiger partial charge in [-0.05, 0) is 38.5 Å². The summed E-state index contributed by atoms with van der Waals surface area (Å²) in [6.45, 7) is 2.29. The smallest absolute Gasteiger partial charge is 0.276 e. The zero-order valence-corrected chi connectivity index (χ0v) is 13.4. The maximum absolute atomic E-state index is 12.7. The molecule has 6 nitrogen and oxygen atoms in total. The summed E-state index contributed by atoms with van der Waals surface area (Å²) in [5, 5.41) is 4.05. The van der Waals surface area contributed by atoms with Crippen LogP contribution in [0.25, 0.3) is 0 Å². The Hall–Kier alpha value is -1.85. The van der Waals surface area contributed by atoms with Crippen LogP contribution in [0.2, 0.25) is 0 Å². The van der Waals surface area contributed by atoms with Gasteiger partial charge in [-0.15, -0.1) is 0 Å². The second-order valence-corrected chi connectivity index (χ2v) is 6.85. The Morgan fingerprint density at radius 2 is 1.83 bits per heavy atom. The van der Waals surface area contributed by atoms with E-state index in [2.05, 4.69) is 5.16 Å². The van der Waals surface area contributed by atoms with Crippen LogP contribution in [0.4, 0.5) is 0 Å². The Kier molecular flexibility index (Phi) is 3.83. The van der Waals surface area contributed by atoms with Crippen LogP contribution in [0.15, 0.2) is 4.52 Å². The molecular formula is C17H23N3O3. The summed E-state index contributed by atoms with van der Waals surface area (Å²) in [7, 11) is 0. The topological polar surface area (TPSA) is 66.7 Å². The molecule has 1 aromatic heterocycles. The van der Waals surface area contributed by atoms with Gasteiger partial charge in [-0.1, -0.05) is 5.16 Å². The lowest BCUT2D eigenvalue weighted by atomic mass is 9.95. The Morgan fingerprint density at radius 1 is 1.04 bits per heavy atom. The summed E-state index contributed by atoms with van der Waals surface area (Å²) in [5.41, 5.74) is 1.55. The van der Waals surface area contributed by atoms with Crippen molar-refractivity contribution >= 4 is 11.8 Å². The molecule has 4 rings (SSSR count). The number of hydrogen-bond acceptors (Lipinski definition) is 4. The highest BCUT2D eigenvalue weighted by molar-refractivity contribution is 5.94. The van der Waals surface area contributed by atoms with Gasteiger partial charge in [-0.25, -0.2) is 0 Å². The second-order valence-electron chi connectivity index (χ2n) is 6.85. The number of carbonyl (C=O) groups excluding carboxylic acids is 2. The van der Waals surface area contributed by atoms with Crippen molar-refractivity contribution in [3.63, 3.8) is 0 Å². The average Bonchev–Trinajstić information content (AvgIpc) is 3.20. The van der Waals surface area contributed by atoms with E-state index in [4.69, 9.17) is 4.52 Å². The van der Waals surface area contributed by atoms with E-state index in [1.165, 1.54) is 0 Å². The first-order valence-electron chi connectivity index (χ1n) is 8.80. The third-order valence-corrected chi connectivity index (χ3v) is 5.46. The summed E-state index contributed by atoms with van der Waals surface area (Å²) < 4.78 is 5.37. The van der Waals surface area contributed by atoms with Crippen molar-refractivity contribution in [3.05, 3.63) is 17.0 Å². The molecule has 3 heterocycles. The molecule has 0 atom stereocenters. The molecular weight excluding hydrogens is 294 g/mol. The van der Waals surface area contributed by atoms with Crippen LogP contribution in [0.5, 0.6) is 0 Å². The van der Waals surface area contributed by atoms with Crippen molar-refractivity contribution in [2.75, 3.05) is 19.6 Å². The molecule has 0 aromatic carbocycles. The van der Waals surface area contributed by atoms with E-state index >= 15 is 0 Å². The minimum Gasteiger partial charge on any atom is -0.360 e. The molecule has 2 amide bonds. The molecule has 0 unspecified atom stereocenters. The fraction of sp³-hybridized carbons (Fsp3) is 0.706. The van der Waals surface area contributed by atoms with Crippen molar-refractivity contribution < 1.29 is 14.1 Å². The molecule has 0 N–H and O–H groups in total. The highest BCUT2D eigenvalue weighted by atomic mass is 16.5. The zero-order valence-electron chi connectivity index (χ0n) is 13.4. The van der Waals surface area contributed by atoms with E-state index in [1.54, 1.807) is 0 Å². The second kappa shape index (κ2) is 5.98. The third-order valence-electron chi connectivity index (χ3n) is 5.46. The van der Waals surface area contributed by atoms with Gasteiger partial charge in [0.25, 0.3) is 5.91 Å². The normalized spacial score (nSPS) is 22.5. The molecule has 0 radical (unpaired) electrons. The van der Waals surface area contributed by atoms with E-state index in [-0.39, 0.29) is 11.8 Å².